The van der Waals surface area contributed by atoms with Gasteiger partial charge in [0.05, 0.1) is 0 Å². The summed E-state index contributed by atoms with van der Waals surface area (Å²) < 4.78 is 4.91. The van der Waals surface area contributed by atoms with Gasteiger partial charge in [0.25, 0.3) is 5.91 Å². The maximum absolute atomic E-state index is 11.5. The molecule has 1 heterocycles. The van der Waals surface area contributed by atoms with Crippen molar-refractivity contribution in [2.45, 2.75) is 19.4 Å². The summed E-state index contributed by atoms with van der Waals surface area (Å²) in [6, 6.07) is 0. The van der Waals surface area contributed by atoms with Crippen molar-refractivity contribution < 1.29 is 9.53 Å². The molecule has 0 radical (unpaired) electrons. The number of rotatable bonds is 5. The summed E-state index contributed by atoms with van der Waals surface area (Å²) in [5, 5.41) is 3.25. The molecule has 1 unspecified atom stereocenters. The van der Waals surface area contributed by atoms with Crippen molar-refractivity contribution in [3.63, 3.8) is 0 Å². The lowest BCUT2D eigenvalue weighted by atomic mass is 10.3. The molecule has 1 amide bonds. The Bertz CT molecular complexity index is 323. The van der Waals surface area contributed by atoms with Gasteiger partial charge in [0, 0.05) is 24.7 Å². The van der Waals surface area contributed by atoms with Crippen LogP contribution in [0.2, 0.25) is 0 Å². The Morgan fingerprint density at radius 1 is 1.80 bits per heavy atom. The van der Waals surface area contributed by atoms with E-state index in [9.17, 15) is 4.79 Å². The lowest BCUT2D eigenvalue weighted by molar-refractivity contribution is -0.125. The fourth-order valence-corrected chi connectivity index (χ4v) is 1.78. The van der Waals surface area contributed by atoms with E-state index in [-0.39, 0.29) is 12.5 Å². The van der Waals surface area contributed by atoms with Gasteiger partial charge in [-0.1, -0.05) is 6.92 Å². The number of nitrogens with two attached hydrogens (primary N) is 1. The van der Waals surface area contributed by atoms with Crippen molar-refractivity contribution in [3.05, 3.63) is 11.1 Å². The highest BCUT2D eigenvalue weighted by atomic mass is 32.1. The number of carbonyl (C=O) groups is 1. The number of aromatic nitrogens is 1. The zero-order chi connectivity index (χ0) is 11.3. The molecule has 0 aromatic carbocycles. The molecule has 0 aliphatic heterocycles. The Morgan fingerprint density at radius 3 is 3.00 bits per heavy atom. The number of carbonyl (C=O) groups excluding carboxylic acids is 1. The van der Waals surface area contributed by atoms with Crippen LogP contribution in [0.4, 0.5) is 5.13 Å². The largest absolute Gasteiger partial charge is 0.370 e. The lowest BCUT2D eigenvalue weighted by Crippen LogP contribution is -2.35. The van der Waals surface area contributed by atoms with Crippen molar-refractivity contribution in [2.24, 2.45) is 5.73 Å². The minimum atomic E-state index is -0.612. The topological polar surface area (TPSA) is 77.2 Å². The van der Waals surface area contributed by atoms with Gasteiger partial charge < -0.3 is 10.5 Å². The van der Waals surface area contributed by atoms with E-state index in [1.165, 1.54) is 18.4 Å². The maximum Gasteiger partial charge on any atom is 0.256 e. The molecule has 1 atom stereocenters. The number of nitrogens with one attached hydrogen (secondary N) is 1. The SMILES string of the molecule is CCc1cnc(NC(=O)C(CN)OC)s1. The third kappa shape index (κ3) is 3.26. The number of hydrogen-bond acceptors (Lipinski definition) is 5. The number of ether oxygens (including phenoxy) is 1. The average Bonchev–Trinajstić information content (AvgIpc) is 2.67. The fourth-order valence-electron chi connectivity index (χ4n) is 1.02. The number of aryl methyl sites for hydroxylation is 1. The van der Waals surface area contributed by atoms with Gasteiger partial charge in [-0.15, -0.1) is 11.3 Å². The molecule has 0 aliphatic carbocycles. The van der Waals surface area contributed by atoms with Gasteiger partial charge in [-0.2, -0.15) is 0 Å². The molecule has 3 N–H and O–H groups in total. The quantitative estimate of drug-likeness (QED) is 0.776. The van der Waals surface area contributed by atoms with Crippen molar-refractivity contribution >= 4 is 22.4 Å². The molecule has 1 rings (SSSR count). The van der Waals surface area contributed by atoms with Gasteiger partial charge in [-0.25, -0.2) is 4.98 Å². The molecule has 1 aromatic rings. The summed E-state index contributed by atoms with van der Waals surface area (Å²) >= 11 is 1.46. The Labute approximate surface area is 92.6 Å². The summed E-state index contributed by atoms with van der Waals surface area (Å²) in [5.41, 5.74) is 5.37. The van der Waals surface area contributed by atoms with Crippen LogP contribution in [-0.4, -0.2) is 30.6 Å². The van der Waals surface area contributed by atoms with Crippen molar-refractivity contribution in [3.8, 4) is 0 Å². The molecule has 0 spiro atoms. The molecular weight excluding hydrogens is 214 g/mol. The van der Waals surface area contributed by atoms with Crippen LogP contribution in [0.1, 0.15) is 11.8 Å². The molecule has 15 heavy (non-hydrogen) atoms. The van der Waals surface area contributed by atoms with Crippen molar-refractivity contribution in [1.29, 1.82) is 0 Å². The van der Waals surface area contributed by atoms with Crippen LogP contribution in [0.5, 0.6) is 0 Å². The van der Waals surface area contributed by atoms with Crippen LogP contribution in [0, 0.1) is 0 Å². The second kappa shape index (κ2) is 5.79. The summed E-state index contributed by atoms with van der Waals surface area (Å²) in [6.45, 7) is 2.20. The highest BCUT2D eigenvalue weighted by Gasteiger charge is 2.16. The molecule has 0 saturated heterocycles. The monoisotopic (exact) mass is 229 g/mol. The van der Waals surface area contributed by atoms with Crippen molar-refractivity contribution in [1.82, 2.24) is 4.98 Å². The smallest absolute Gasteiger partial charge is 0.256 e. The van der Waals surface area contributed by atoms with E-state index in [1.807, 2.05) is 6.92 Å². The van der Waals surface area contributed by atoms with E-state index < -0.39 is 6.10 Å². The molecule has 6 heteroatoms. The summed E-state index contributed by atoms with van der Waals surface area (Å²) in [6.07, 6.45) is 2.06. The number of thiazole rings is 1. The molecule has 84 valence electrons. The number of hydrogen-bond donors (Lipinski definition) is 2. The van der Waals surface area contributed by atoms with Crippen LogP contribution in [0.3, 0.4) is 0 Å². The number of amides is 1. The Balaban J connectivity index is 2.57. The van der Waals surface area contributed by atoms with Gasteiger partial charge in [-0.3, -0.25) is 10.1 Å². The molecule has 0 bridgehead atoms. The maximum atomic E-state index is 11.5. The first-order chi connectivity index (χ1) is 7.21. The first-order valence-corrected chi connectivity index (χ1v) is 5.51. The third-order valence-electron chi connectivity index (χ3n) is 1.92. The summed E-state index contributed by atoms with van der Waals surface area (Å²) in [4.78, 5) is 16.7. The van der Waals surface area contributed by atoms with E-state index in [0.717, 1.165) is 11.3 Å². The first kappa shape index (κ1) is 12.1. The molecule has 0 aliphatic rings. The lowest BCUT2D eigenvalue weighted by Gasteiger charge is -2.10. The van der Waals surface area contributed by atoms with E-state index in [0.29, 0.717) is 5.13 Å². The summed E-state index contributed by atoms with van der Waals surface area (Å²) in [7, 11) is 1.45. The average molecular weight is 229 g/mol. The second-order valence-corrected chi connectivity index (χ2v) is 4.05. The fraction of sp³-hybridized carbons (Fsp3) is 0.556. The Hall–Kier alpha value is -0.980. The van der Waals surface area contributed by atoms with Gasteiger partial charge >= 0.3 is 0 Å². The highest BCUT2D eigenvalue weighted by Crippen LogP contribution is 2.18. The second-order valence-electron chi connectivity index (χ2n) is 2.93. The number of anilines is 1. The van der Waals surface area contributed by atoms with Gasteiger partial charge in [-0.05, 0) is 6.42 Å². The van der Waals surface area contributed by atoms with E-state index in [4.69, 9.17) is 10.5 Å². The standard InChI is InChI=1S/C9H15N3O2S/c1-3-6-5-11-9(15-6)12-8(13)7(4-10)14-2/h5,7H,3-4,10H2,1-2H3,(H,11,12,13). The van der Waals surface area contributed by atoms with Crippen LogP contribution >= 0.6 is 11.3 Å². The molecule has 1 aromatic heterocycles. The molecule has 0 fully saturated rings. The predicted octanol–water partition coefficient (Wildman–Crippen LogP) is 0.618. The first-order valence-electron chi connectivity index (χ1n) is 4.69. The van der Waals surface area contributed by atoms with Gasteiger partial charge in [0.15, 0.2) is 5.13 Å². The predicted molar refractivity (Wildman–Crippen MR) is 60.0 cm³/mol. The number of nitrogens with zero attached hydrogens (tertiary/aromatic N) is 1. The van der Waals surface area contributed by atoms with Crippen molar-refractivity contribution in [2.75, 3.05) is 19.0 Å². The Kier molecular flexibility index (Phi) is 4.67. The zero-order valence-corrected chi connectivity index (χ0v) is 9.63. The minimum absolute atomic E-state index is 0.161. The number of methoxy groups -OCH3 is 1. The minimum Gasteiger partial charge on any atom is -0.370 e. The normalized spacial score (nSPS) is 12.5. The van der Waals surface area contributed by atoms with E-state index in [1.54, 1.807) is 6.20 Å². The third-order valence-corrected chi connectivity index (χ3v) is 2.98. The highest BCUT2D eigenvalue weighted by molar-refractivity contribution is 7.15. The van der Waals surface area contributed by atoms with Crippen LogP contribution in [0.25, 0.3) is 0 Å². The Morgan fingerprint density at radius 2 is 2.53 bits per heavy atom. The van der Waals surface area contributed by atoms with Gasteiger partial charge in [0.1, 0.15) is 6.10 Å². The molecule has 5 nitrogen and oxygen atoms in total. The zero-order valence-electron chi connectivity index (χ0n) is 8.82. The van der Waals surface area contributed by atoms with Gasteiger partial charge in [0.2, 0.25) is 0 Å². The molecule has 0 saturated carbocycles. The van der Waals surface area contributed by atoms with E-state index >= 15 is 0 Å². The van der Waals surface area contributed by atoms with Crippen LogP contribution < -0.4 is 11.1 Å². The van der Waals surface area contributed by atoms with Crippen LogP contribution in [-0.2, 0) is 16.0 Å². The van der Waals surface area contributed by atoms with Crippen LogP contribution in [0.15, 0.2) is 6.20 Å². The summed E-state index contributed by atoms with van der Waals surface area (Å²) in [5.74, 6) is -0.253. The molecular formula is C9H15N3O2S. The van der Waals surface area contributed by atoms with E-state index in [2.05, 4.69) is 10.3 Å².